The highest BCUT2D eigenvalue weighted by atomic mass is 16.5. The molecule has 1 saturated heterocycles. The molecule has 2 amide bonds. The van der Waals surface area contributed by atoms with Crippen LogP contribution in [0.25, 0.3) is 0 Å². The molecule has 5 nitrogen and oxygen atoms in total. The Morgan fingerprint density at radius 3 is 2.46 bits per heavy atom. The molecule has 0 spiro atoms. The molecule has 13 heavy (non-hydrogen) atoms. The monoisotopic (exact) mass is 186 g/mol. The Bertz CT molecular complexity index is 223. The first-order valence-electron chi connectivity index (χ1n) is 4.25. The van der Waals surface area contributed by atoms with Crippen LogP contribution in [0.1, 0.15) is 19.8 Å². The van der Waals surface area contributed by atoms with Gasteiger partial charge in [0.25, 0.3) is 0 Å². The number of amides is 2. The van der Waals surface area contributed by atoms with Crippen molar-refractivity contribution in [2.75, 3.05) is 13.2 Å². The van der Waals surface area contributed by atoms with Crippen LogP contribution in [0.15, 0.2) is 0 Å². The molecule has 0 aromatic rings. The van der Waals surface area contributed by atoms with Gasteiger partial charge in [0.1, 0.15) is 0 Å². The lowest BCUT2D eigenvalue weighted by molar-refractivity contribution is -0.134. The highest BCUT2D eigenvalue weighted by Crippen LogP contribution is 2.17. The standard InChI is InChI=1S/C8H14N2O3/c1-2-6(11)10-7(12)3-8(9)4-13-5-8/h2-5,9H2,1H3,(H,10,11,12). The number of rotatable bonds is 3. The summed E-state index contributed by atoms with van der Waals surface area (Å²) >= 11 is 0. The van der Waals surface area contributed by atoms with Crippen LogP contribution in [0.2, 0.25) is 0 Å². The maximum Gasteiger partial charge on any atom is 0.228 e. The molecule has 0 aromatic carbocycles. The van der Waals surface area contributed by atoms with Crippen molar-refractivity contribution in [3.63, 3.8) is 0 Å². The van der Waals surface area contributed by atoms with Crippen LogP contribution in [0.4, 0.5) is 0 Å². The maximum absolute atomic E-state index is 11.2. The van der Waals surface area contributed by atoms with Crippen LogP contribution >= 0.6 is 0 Å². The van der Waals surface area contributed by atoms with E-state index in [0.29, 0.717) is 19.6 Å². The van der Waals surface area contributed by atoms with E-state index >= 15 is 0 Å². The smallest absolute Gasteiger partial charge is 0.228 e. The average Bonchev–Trinajstić information content (AvgIpc) is 2.01. The summed E-state index contributed by atoms with van der Waals surface area (Å²) in [4.78, 5) is 22.0. The molecule has 0 radical (unpaired) electrons. The third kappa shape index (κ3) is 2.78. The normalized spacial score (nSPS) is 18.9. The number of hydrogen-bond donors (Lipinski definition) is 2. The summed E-state index contributed by atoms with van der Waals surface area (Å²) in [5.41, 5.74) is 5.17. The van der Waals surface area contributed by atoms with Crippen molar-refractivity contribution >= 4 is 11.8 Å². The zero-order valence-electron chi connectivity index (χ0n) is 7.63. The maximum atomic E-state index is 11.2. The highest BCUT2D eigenvalue weighted by Gasteiger charge is 2.36. The van der Waals surface area contributed by atoms with Crippen molar-refractivity contribution in [3.8, 4) is 0 Å². The van der Waals surface area contributed by atoms with Gasteiger partial charge in [0.2, 0.25) is 11.8 Å². The van der Waals surface area contributed by atoms with E-state index in [1.807, 2.05) is 0 Å². The summed E-state index contributed by atoms with van der Waals surface area (Å²) in [7, 11) is 0. The molecule has 3 N–H and O–H groups in total. The van der Waals surface area contributed by atoms with Gasteiger partial charge in [-0.3, -0.25) is 14.9 Å². The number of imide groups is 1. The third-order valence-electron chi connectivity index (χ3n) is 1.89. The molecule has 0 atom stereocenters. The Hall–Kier alpha value is -0.940. The number of nitrogens with one attached hydrogen (secondary N) is 1. The minimum atomic E-state index is -0.557. The summed E-state index contributed by atoms with van der Waals surface area (Å²) in [6, 6.07) is 0. The number of nitrogens with two attached hydrogens (primary N) is 1. The fourth-order valence-electron chi connectivity index (χ4n) is 1.07. The lowest BCUT2D eigenvalue weighted by atomic mass is 9.94. The van der Waals surface area contributed by atoms with Gasteiger partial charge in [-0.05, 0) is 0 Å². The molecule has 0 aliphatic carbocycles. The minimum absolute atomic E-state index is 0.152. The van der Waals surface area contributed by atoms with Gasteiger partial charge in [-0.1, -0.05) is 6.92 Å². The van der Waals surface area contributed by atoms with Gasteiger partial charge in [0.15, 0.2) is 0 Å². The van der Waals surface area contributed by atoms with Gasteiger partial charge in [-0.15, -0.1) is 0 Å². The first kappa shape index (κ1) is 10.1. The third-order valence-corrected chi connectivity index (χ3v) is 1.89. The molecular formula is C8H14N2O3. The van der Waals surface area contributed by atoms with Crippen molar-refractivity contribution in [1.82, 2.24) is 5.32 Å². The fraction of sp³-hybridized carbons (Fsp3) is 0.750. The van der Waals surface area contributed by atoms with Gasteiger partial charge in [0.05, 0.1) is 18.8 Å². The molecule has 1 aliphatic rings. The Morgan fingerprint density at radius 1 is 1.46 bits per heavy atom. The highest BCUT2D eigenvalue weighted by molar-refractivity contribution is 5.95. The molecule has 1 aliphatic heterocycles. The molecule has 0 aromatic heterocycles. The molecule has 5 heteroatoms. The minimum Gasteiger partial charge on any atom is -0.377 e. The van der Waals surface area contributed by atoms with E-state index in [-0.39, 0.29) is 18.2 Å². The van der Waals surface area contributed by atoms with Crippen molar-refractivity contribution < 1.29 is 14.3 Å². The van der Waals surface area contributed by atoms with Crippen molar-refractivity contribution in [1.29, 1.82) is 0 Å². The zero-order valence-corrected chi connectivity index (χ0v) is 7.63. The summed E-state index contributed by atoms with van der Waals surface area (Å²) in [5.74, 6) is -0.591. The first-order valence-corrected chi connectivity index (χ1v) is 4.25. The summed E-state index contributed by atoms with van der Waals surface area (Å²) in [6.45, 7) is 2.47. The number of hydrogen-bond acceptors (Lipinski definition) is 4. The van der Waals surface area contributed by atoms with E-state index in [0.717, 1.165) is 0 Å². The Morgan fingerprint density at radius 2 is 2.08 bits per heavy atom. The predicted molar refractivity (Wildman–Crippen MR) is 45.8 cm³/mol. The predicted octanol–water partition coefficient (Wildman–Crippen LogP) is -0.843. The Labute approximate surface area is 76.6 Å². The van der Waals surface area contributed by atoms with Gasteiger partial charge in [-0.2, -0.15) is 0 Å². The van der Waals surface area contributed by atoms with E-state index < -0.39 is 5.54 Å². The van der Waals surface area contributed by atoms with Crippen LogP contribution in [-0.4, -0.2) is 30.6 Å². The van der Waals surface area contributed by atoms with Crippen LogP contribution in [0.3, 0.4) is 0 Å². The van der Waals surface area contributed by atoms with Crippen molar-refractivity contribution in [3.05, 3.63) is 0 Å². The van der Waals surface area contributed by atoms with Crippen LogP contribution in [0, 0.1) is 0 Å². The average molecular weight is 186 g/mol. The molecule has 0 unspecified atom stereocenters. The van der Waals surface area contributed by atoms with Crippen molar-refractivity contribution in [2.24, 2.45) is 5.73 Å². The molecule has 1 fully saturated rings. The SMILES string of the molecule is CCC(=O)NC(=O)CC1(N)COC1. The zero-order chi connectivity index (χ0) is 9.90. The second kappa shape index (κ2) is 3.85. The number of carbonyl (C=O) groups is 2. The van der Waals surface area contributed by atoms with E-state index in [2.05, 4.69) is 5.32 Å². The molecular weight excluding hydrogens is 172 g/mol. The van der Waals surface area contributed by atoms with E-state index in [4.69, 9.17) is 10.5 Å². The Kier molecular flexibility index (Phi) is 3.00. The fourth-order valence-corrected chi connectivity index (χ4v) is 1.07. The summed E-state index contributed by atoms with van der Waals surface area (Å²) in [5, 5.41) is 2.24. The Balaban J connectivity index is 2.28. The lowest BCUT2D eigenvalue weighted by Gasteiger charge is -2.36. The number of carbonyl (C=O) groups excluding carboxylic acids is 2. The van der Waals surface area contributed by atoms with Crippen molar-refractivity contribution in [2.45, 2.75) is 25.3 Å². The van der Waals surface area contributed by atoms with E-state index in [9.17, 15) is 9.59 Å². The van der Waals surface area contributed by atoms with E-state index in [1.54, 1.807) is 6.92 Å². The quantitative estimate of drug-likeness (QED) is 0.602. The van der Waals surface area contributed by atoms with Crippen LogP contribution < -0.4 is 11.1 Å². The molecule has 1 heterocycles. The van der Waals surface area contributed by atoms with E-state index in [1.165, 1.54) is 0 Å². The molecule has 0 saturated carbocycles. The van der Waals surface area contributed by atoms with Crippen LogP contribution in [-0.2, 0) is 14.3 Å². The summed E-state index contributed by atoms with van der Waals surface area (Å²) < 4.78 is 4.88. The second-order valence-corrected chi connectivity index (χ2v) is 3.36. The lowest BCUT2D eigenvalue weighted by Crippen LogP contribution is -2.59. The molecule has 74 valence electrons. The van der Waals surface area contributed by atoms with Crippen LogP contribution in [0.5, 0.6) is 0 Å². The molecule has 1 rings (SSSR count). The first-order chi connectivity index (χ1) is 6.06. The topological polar surface area (TPSA) is 81.4 Å². The summed E-state index contributed by atoms with van der Waals surface area (Å²) in [6.07, 6.45) is 0.457. The van der Waals surface area contributed by atoms with Gasteiger partial charge < -0.3 is 10.5 Å². The molecule has 0 bridgehead atoms. The second-order valence-electron chi connectivity index (χ2n) is 3.36. The van der Waals surface area contributed by atoms with Gasteiger partial charge in [0, 0.05) is 12.8 Å². The van der Waals surface area contributed by atoms with Gasteiger partial charge >= 0.3 is 0 Å². The number of ether oxygens (including phenoxy) is 1. The van der Waals surface area contributed by atoms with Gasteiger partial charge in [-0.25, -0.2) is 0 Å². The largest absolute Gasteiger partial charge is 0.377 e.